The summed E-state index contributed by atoms with van der Waals surface area (Å²) in [5, 5.41) is 2.60. The zero-order valence-electron chi connectivity index (χ0n) is 8.02. The number of nitrogens with one attached hydrogen (secondary N) is 2. The van der Waals surface area contributed by atoms with E-state index in [9.17, 15) is 4.79 Å². The Hall–Kier alpha value is -1.07. The number of nitrogens with two attached hydrogens (primary N) is 1. The minimum Gasteiger partial charge on any atom is -0.307 e. The number of hydrazine groups is 1. The number of anilines is 1. The van der Waals surface area contributed by atoms with E-state index >= 15 is 0 Å². The molecule has 2 amide bonds. The average molecular weight is 258 g/mol. The molecule has 0 aromatic heterocycles. The van der Waals surface area contributed by atoms with E-state index in [1.165, 1.54) is 0 Å². The van der Waals surface area contributed by atoms with Crippen LogP contribution in [0, 0.1) is 13.8 Å². The number of hydrogen-bond donors (Lipinski definition) is 3. The smallest absolute Gasteiger partial charge is 0.307 e. The molecule has 0 aliphatic rings. The van der Waals surface area contributed by atoms with E-state index in [0.29, 0.717) is 0 Å². The lowest BCUT2D eigenvalue weighted by atomic mass is 10.1. The number of urea groups is 1. The number of carbonyl (C=O) groups excluding carboxylic acids is 1. The molecule has 5 heteroatoms. The predicted molar refractivity (Wildman–Crippen MR) is 60.0 cm³/mol. The summed E-state index contributed by atoms with van der Waals surface area (Å²) < 4.78 is 1.05. The van der Waals surface area contributed by atoms with Crippen molar-refractivity contribution in [2.75, 3.05) is 5.32 Å². The molecule has 1 rings (SSSR count). The van der Waals surface area contributed by atoms with E-state index in [4.69, 9.17) is 5.84 Å². The maximum Gasteiger partial charge on any atom is 0.333 e. The van der Waals surface area contributed by atoms with Crippen molar-refractivity contribution >= 4 is 27.6 Å². The van der Waals surface area contributed by atoms with Crippen LogP contribution in [0.3, 0.4) is 0 Å². The molecule has 0 saturated heterocycles. The van der Waals surface area contributed by atoms with Crippen molar-refractivity contribution in [3.63, 3.8) is 0 Å². The number of amides is 2. The minimum atomic E-state index is -0.425. The lowest BCUT2D eigenvalue weighted by Crippen LogP contribution is -2.34. The Morgan fingerprint density at radius 2 is 1.86 bits per heavy atom. The van der Waals surface area contributed by atoms with Crippen LogP contribution < -0.4 is 16.6 Å². The topological polar surface area (TPSA) is 67.2 Å². The Morgan fingerprint density at radius 3 is 2.29 bits per heavy atom. The standard InChI is InChI=1S/C9H12BrN3O/c1-5-3-7(12-9(14)13-11)4-6(2)8(5)10/h3-4H,11H2,1-2H3,(H2,12,13,14). The molecule has 14 heavy (non-hydrogen) atoms. The van der Waals surface area contributed by atoms with Gasteiger partial charge in [-0.25, -0.2) is 10.6 Å². The van der Waals surface area contributed by atoms with E-state index in [1.54, 1.807) is 0 Å². The van der Waals surface area contributed by atoms with Gasteiger partial charge < -0.3 is 5.32 Å². The Labute approximate surface area is 91.0 Å². The van der Waals surface area contributed by atoms with Gasteiger partial charge in [-0.15, -0.1) is 0 Å². The average Bonchev–Trinajstić information content (AvgIpc) is 2.14. The van der Waals surface area contributed by atoms with Gasteiger partial charge in [0.1, 0.15) is 0 Å². The molecule has 1 aromatic carbocycles. The second-order valence-electron chi connectivity index (χ2n) is 3.02. The molecule has 0 spiro atoms. The molecule has 4 N–H and O–H groups in total. The normalized spacial score (nSPS) is 9.71. The van der Waals surface area contributed by atoms with Crippen LogP contribution in [-0.4, -0.2) is 6.03 Å². The highest BCUT2D eigenvalue weighted by molar-refractivity contribution is 9.10. The summed E-state index contributed by atoms with van der Waals surface area (Å²) in [4.78, 5) is 10.9. The highest BCUT2D eigenvalue weighted by Crippen LogP contribution is 2.24. The Morgan fingerprint density at radius 1 is 1.36 bits per heavy atom. The molecule has 0 saturated carbocycles. The molecule has 0 bridgehead atoms. The molecule has 0 heterocycles. The molecule has 1 aromatic rings. The van der Waals surface area contributed by atoms with Crippen LogP contribution in [0.15, 0.2) is 16.6 Å². The number of carbonyl (C=O) groups is 1. The number of halogens is 1. The number of hydrogen-bond acceptors (Lipinski definition) is 2. The van der Waals surface area contributed by atoms with E-state index in [-0.39, 0.29) is 0 Å². The van der Waals surface area contributed by atoms with Crippen LogP contribution in [0.1, 0.15) is 11.1 Å². The van der Waals surface area contributed by atoms with Crippen LogP contribution in [0.25, 0.3) is 0 Å². The first-order valence-corrected chi connectivity index (χ1v) is 4.88. The number of benzene rings is 1. The van der Waals surface area contributed by atoms with Gasteiger partial charge in [-0.1, -0.05) is 15.9 Å². The summed E-state index contributed by atoms with van der Waals surface area (Å²) in [7, 11) is 0. The Bertz CT molecular complexity index is 342. The maximum atomic E-state index is 10.9. The minimum absolute atomic E-state index is 0.425. The van der Waals surface area contributed by atoms with Crippen molar-refractivity contribution in [2.24, 2.45) is 5.84 Å². The predicted octanol–water partition coefficient (Wildman–Crippen LogP) is 2.06. The highest BCUT2D eigenvalue weighted by Gasteiger charge is 2.04. The maximum absolute atomic E-state index is 10.9. The van der Waals surface area contributed by atoms with Gasteiger partial charge in [0.05, 0.1) is 0 Å². The van der Waals surface area contributed by atoms with Crippen LogP contribution >= 0.6 is 15.9 Å². The fourth-order valence-corrected chi connectivity index (χ4v) is 1.41. The molecule has 0 aliphatic carbocycles. The zero-order chi connectivity index (χ0) is 10.7. The second kappa shape index (κ2) is 4.43. The quantitative estimate of drug-likeness (QED) is 0.410. The van der Waals surface area contributed by atoms with E-state index < -0.39 is 6.03 Å². The lowest BCUT2D eigenvalue weighted by molar-refractivity contribution is 0.252. The number of rotatable bonds is 1. The van der Waals surface area contributed by atoms with Crippen molar-refractivity contribution in [1.29, 1.82) is 0 Å². The second-order valence-corrected chi connectivity index (χ2v) is 3.82. The van der Waals surface area contributed by atoms with Crippen LogP contribution in [0.2, 0.25) is 0 Å². The van der Waals surface area contributed by atoms with Crippen LogP contribution in [0.4, 0.5) is 10.5 Å². The van der Waals surface area contributed by atoms with Gasteiger partial charge in [-0.2, -0.15) is 0 Å². The first-order chi connectivity index (χ1) is 6.54. The van der Waals surface area contributed by atoms with Gasteiger partial charge >= 0.3 is 6.03 Å². The summed E-state index contributed by atoms with van der Waals surface area (Å²) in [5.74, 6) is 4.95. The van der Waals surface area contributed by atoms with E-state index in [0.717, 1.165) is 21.3 Å². The first kappa shape index (κ1) is 11.0. The molecule has 0 atom stereocenters. The third-order valence-corrected chi connectivity index (χ3v) is 3.08. The molecule has 0 radical (unpaired) electrons. The fraction of sp³-hybridized carbons (Fsp3) is 0.222. The van der Waals surface area contributed by atoms with Gasteiger partial charge in [0, 0.05) is 10.2 Å². The summed E-state index contributed by atoms with van der Waals surface area (Å²) in [6.45, 7) is 3.92. The van der Waals surface area contributed by atoms with E-state index in [1.807, 2.05) is 31.4 Å². The molecule has 0 aliphatic heterocycles. The molecular weight excluding hydrogens is 246 g/mol. The molecule has 0 fully saturated rings. The Balaban J connectivity index is 2.95. The van der Waals surface area contributed by atoms with Gasteiger partial charge in [0.15, 0.2) is 0 Å². The van der Waals surface area contributed by atoms with Crippen LogP contribution in [-0.2, 0) is 0 Å². The van der Waals surface area contributed by atoms with Crippen molar-refractivity contribution in [3.8, 4) is 0 Å². The number of aryl methyl sites for hydroxylation is 2. The summed E-state index contributed by atoms with van der Waals surface area (Å²) >= 11 is 3.44. The first-order valence-electron chi connectivity index (χ1n) is 4.09. The molecule has 4 nitrogen and oxygen atoms in total. The van der Waals surface area contributed by atoms with E-state index in [2.05, 4.69) is 21.2 Å². The monoisotopic (exact) mass is 257 g/mol. The van der Waals surface area contributed by atoms with Gasteiger partial charge in [-0.05, 0) is 37.1 Å². The third-order valence-electron chi connectivity index (χ3n) is 1.83. The van der Waals surface area contributed by atoms with Gasteiger partial charge in [0.2, 0.25) is 0 Å². The van der Waals surface area contributed by atoms with Crippen LogP contribution in [0.5, 0.6) is 0 Å². The molecule has 76 valence electrons. The van der Waals surface area contributed by atoms with Crippen molar-refractivity contribution in [1.82, 2.24) is 5.43 Å². The van der Waals surface area contributed by atoms with Crippen molar-refractivity contribution in [3.05, 3.63) is 27.7 Å². The zero-order valence-corrected chi connectivity index (χ0v) is 9.60. The molecular formula is C9H12BrN3O. The Kier molecular flexibility index (Phi) is 3.49. The third kappa shape index (κ3) is 2.46. The lowest BCUT2D eigenvalue weighted by Gasteiger charge is -2.08. The summed E-state index contributed by atoms with van der Waals surface area (Å²) in [6.07, 6.45) is 0. The molecule has 0 unspecified atom stereocenters. The van der Waals surface area contributed by atoms with Crippen molar-refractivity contribution < 1.29 is 4.79 Å². The highest BCUT2D eigenvalue weighted by atomic mass is 79.9. The fourth-order valence-electron chi connectivity index (χ4n) is 1.19. The summed E-state index contributed by atoms with van der Waals surface area (Å²) in [5.41, 5.74) is 4.87. The van der Waals surface area contributed by atoms with Crippen molar-refractivity contribution in [2.45, 2.75) is 13.8 Å². The largest absolute Gasteiger partial charge is 0.333 e. The van der Waals surface area contributed by atoms with Gasteiger partial charge in [-0.3, -0.25) is 5.43 Å². The SMILES string of the molecule is Cc1cc(NC(=O)NN)cc(C)c1Br. The van der Waals surface area contributed by atoms with Gasteiger partial charge in [0.25, 0.3) is 0 Å². The summed E-state index contributed by atoms with van der Waals surface area (Å²) in [6, 6.07) is 3.31.